The molecule has 0 aliphatic carbocycles. The number of rotatable bonds is 3. The Balaban J connectivity index is 2.75. The summed E-state index contributed by atoms with van der Waals surface area (Å²) in [6.45, 7) is 3.99. The van der Waals surface area contributed by atoms with Crippen molar-refractivity contribution in [3.63, 3.8) is 0 Å². The number of ether oxygens (including phenoxy) is 1. The quantitative estimate of drug-likeness (QED) is 0.839. The van der Waals surface area contributed by atoms with Gasteiger partial charge in [0.15, 0.2) is 5.69 Å². The minimum atomic E-state index is -0.410. The molecule has 0 saturated heterocycles. The molecule has 0 aliphatic heterocycles. The SMILES string of the molecule is CNC(C)c1nc(C(=O)OC)c2cccc(C)n12. The van der Waals surface area contributed by atoms with E-state index >= 15 is 0 Å². The van der Waals surface area contributed by atoms with Crippen LogP contribution >= 0.6 is 0 Å². The number of nitrogens with zero attached hydrogens (tertiary/aromatic N) is 2. The lowest BCUT2D eigenvalue weighted by Crippen LogP contribution is -2.16. The van der Waals surface area contributed by atoms with Gasteiger partial charge in [-0.05, 0) is 33.0 Å². The number of esters is 1. The summed E-state index contributed by atoms with van der Waals surface area (Å²) in [5.74, 6) is 0.402. The molecule has 5 heteroatoms. The van der Waals surface area contributed by atoms with Crippen molar-refractivity contribution in [3.8, 4) is 0 Å². The second kappa shape index (κ2) is 4.78. The van der Waals surface area contributed by atoms with Gasteiger partial charge in [-0.25, -0.2) is 9.78 Å². The average molecular weight is 247 g/mol. The van der Waals surface area contributed by atoms with Gasteiger partial charge in [-0.3, -0.25) is 4.40 Å². The van der Waals surface area contributed by atoms with Crippen LogP contribution < -0.4 is 5.32 Å². The third-order valence-electron chi connectivity index (χ3n) is 3.08. The molecule has 0 saturated carbocycles. The number of imidazole rings is 1. The third-order valence-corrected chi connectivity index (χ3v) is 3.08. The first-order valence-electron chi connectivity index (χ1n) is 5.83. The molecule has 1 N–H and O–H groups in total. The summed E-state index contributed by atoms with van der Waals surface area (Å²) < 4.78 is 6.76. The number of hydrogen-bond acceptors (Lipinski definition) is 4. The van der Waals surface area contributed by atoms with E-state index in [2.05, 4.69) is 10.3 Å². The van der Waals surface area contributed by atoms with Crippen LogP contribution in [0.15, 0.2) is 18.2 Å². The molecule has 5 nitrogen and oxygen atoms in total. The smallest absolute Gasteiger partial charge is 0.358 e. The number of aromatic nitrogens is 2. The van der Waals surface area contributed by atoms with E-state index in [0.29, 0.717) is 5.69 Å². The summed E-state index contributed by atoms with van der Waals surface area (Å²) in [5.41, 5.74) is 2.17. The van der Waals surface area contributed by atoms with Gasteiger partial charge in [0, 0.05) is 5.69 Å². The molecule has 18 heavy (non-hydrogen) atoms. The Labute approximate surface area is 106 Å². The van der Waals surface area contributed by atoms with E-state index in [1.54, 1.807) is 0 Å². The fourth-order valence-corrected chi connectivity index (χ4v) is 1.99. The van der Waals surface area contributed by atoms with Crippen LogP contribution in [0.5, 0.6) is 0 Å². The highest BCUT2D eigenvalue weighted by atomic mass is 16.5. The molecule has 2 aromatic heterocycles. The topological polar surface area (TPSA) is 55.6 Å². The molecule has 0 radical (unpaired) electrons. The predicted octanol–water partition coefficient (Wildman–Crippen LogP) is 1.71. The first-order valence-corrected chi connectivity index (χ1v) is 5.83. The first-order chi connectivity index (χ1) is 8.60. The number of hydrogen-bond donors (Lipinski definition) is 1. The Morgan fingerprint density at radius 3 is 2.83 bits per heavy atom. The van der Waals surface area contributed by atoms with E-state index in [1.807, 2.05) is 43.5 Å². The number of aryl methyl sites for hydroxylation is 1. The lowest BCUT2D eigenvalue weighted by Gasteiger charge is -2.10. The first kappa shape index (κ1) is 12.6. The molecule has 0 aliphatic rings. The van der Waals surface area contributed by atoms with Crippen LogP contribution in [0, 0.1) is 6.92 Å². The van der Waals surface area contributed by atoms with Gasteiger partial charge in [0.25, 0.3) is 0 Å². The zero-order valence-corrected chi connectivity index (χ0v) is 11.0. The van der Waals surface area contributed by atoms with Crippen LogP contribution in [-0.2, 0) is 4.74 Å². The maximum absolute atomic E-state index is 11.7. The van der Waals surface area contributed by atoms with Gasteiger partial charge in [-0.2, -0.15) is 0 Å². The summed E-state index contributed by atoms with van der Waals surface area (Å²) >= 11 is 0. The van der Waals surface area contributed by atoms with Crippen LogP contribution in [0.3, 0.4) is 0 Å². The highest BCUT2D eigenvalue weighted by Crippen LogP contribution is 2.20. The maximum atomic E-state index is 11.7. The third kappa shape index (κ3) is 1.86. The molecular formula is C13H17N3O2. The molecule has 0 spiro atoms. The predicted molar refractivity (Wildman–Crippen MR) is 68.7 cm³/mol. The summed E-state index contributed by atoms with van der Waals surface area (Å²) in [5, 5.41) is 3.14. The minimum Gasteiger partial charge on any atom is -0.464 e. The average Bonchev–Trinajstić information content (AvgIpc) is 2.78. The lowest BCUT2D eigenvalue weighted by molar-refractivity contribution is 0.0596. The summed E-state index contributed by atoms with van der Waals surface area (Å²) in [6.07, 6.45) is 0. The Hall–Kier alpha value is -1.88. The fraction of sp³-hybridized carbons (Fsp3) is 0.385. The van der Waals surface area contributed by atoms with Gasteiger partial charge < -0.3 is 10.1 Å². The van der Waals surface area contributed by atoms with Crippen molar-refractivity contribution in [2.45, 2.75) is 19.9 Å². The van der Waals surface area contributed by atoms with Crippen molar-refractivity contribution in [1.29, 1.82) is 0 Å². The van der Waals surface area contributed by atoms with Crippen molar-refractivity contribution in [2.75, 3.05) is 14.2 Å². The molecule has 1 atom stereocenters. The Morgan fingerprint density at radius 2 is 2.22 bits per heavy atom. The molecule has 0 amide bonds. The molecule has 2 aromatic rings. The number of nitrogens with one attached hydrogen (secondary N) is 1. The van der Waals surface area contributed by atoms with Crippen LogP contribution in [-0.4, -0.2) is 29.5 Å². The van der Waals surface area contributed by atoms with Crippen molar-refractivity contribution < 1.29 is 9.53 Å². The Kier molecular flexibility index (Phi) is 3.34. The van der Waals surface area contributed by atoms with E-state index in [1.165, 1.54) is 7.11 Å². The Bertz CT molecular complexity index is 589. The normalized spacial score (nSPS) is 12.7. The molecular weight excluding hydrogens is 230 g/mol. The number of methoxy groups -OCH3 is 1. The van der Waals surface area contributed by atoms with E-state index in [0.717, 1.165) is 17.0 Å². The van der Waals surface area contributed by atoms with Crippen molar-refractivity contribution in [3.05, 3.63) is 35.4 Å². The molecule has 2 heterocycles. The lowest BCUT2D eigenvalue weighted by atomic mass is 10.3. The standard InChI is InChI=1S/C13H17N3O2/c1-8-6-5-7-10-11(13(17)18-4)15-12(16(8)10)9(2)14-3/h5-7,9,14H,1-4H3. The molecule has 1 unspecified atom stereocenters. The van der Waals surface area contributed by atoms with E-state index in [4.69, 9.17) is 4.74 Å². The fourth-order valence-electron chi connectivity index (χ4n) is 1.99. The van der Waals surface area contributed by atoms with Crippen LogP contribution in [0.4, 0.5) is 0 Å². The second-order valence-electron chi connectivity index (χ2n) is 4.21. The van der Waals surface area contributed by atoms with Crippen molar-refractivity contribution in [1.82, 2.24) is 14.7 Å². The van der Waals surface area contributed by atoms with Gasteiger partial charge in [-0.15, -0.1) is 0 Å². The highest BCUT2D eigenvalue weighted by molar-refractivity contribution is 5.95. The van der Waals surface area contributed by atoms with Crippen molar-refractivity contribution >= 4 is 11.5 Å². The van der Waals surface area contributed by atoms with E-state index < -0.39 is 5.97 Å². The summed E-state index contributed by atoms with van der Waals surface area (Å²) in [7, 11) is 3.23. The highest BCUT2D eigenvalue weighted by Gasteiger charge is 2.21. The monoisotopic (exact) mass is 247 g/mol. The molecule has 0 aromatic carbocycles. The van der Waals surface area contributed by atoms with Crippen LogP contribution in [0.2, 0.25) is 0 Å². The van der Waals surface area contributed by atoms with Gasteiger partial charge >= 0.3 is 5.97 Å². The van der Waals surface area contributed by atoms with E-state index in [9.17, 15) is 4.79 Å². The Morgan fingerprint density at radius 1 is 1.50 bits per heavy atom. The molecule has 96 valence electrons. The van der Waals surface area contributed by atoms with Crippen LogP contribution in [0.25, 0.3) is 5.52 Å². The second-order valence-corrected chi connectivity index (χ2v) is 4.21. The van der Waals surface area contributed by atoms with E-state index in [-0.39, 0.29) is 6.04 Å². The molecule has 2 rings (SSSR count). The zero-order valence-electron chi connectivity index (χ0n) is 11.0. The maximum Gasteiger partial charge on any atom is 0.358 e. The summed E-state index contributed by atoms with van der Waals surface area (Å²) in [6, 6.07) is 5.82. The van der Waals surface area contributed by atoms with Gasteiger partial charge in [0.1, 0.15) is 5.82 Å². The molecule has 0 bridgehead atoms. The van der Waals surface area contributed by atoms with Gasteiger partial charge in [-0.1, -0.05) is 6.07 Å². The largest absolute Gasteiger partial charge is 0.464 e. The van der Waals surface area contributed by atoms with Gasteiger partial charge in [0.2, 0.25) is 0 Å². The van der Waals surface area contributed by atoms with Crippen molar-refractivity contribution in [2.24, 2.45) is 0 Å². The van der Waals surface area contributed by atoms with Gasteiger partial charge in [0.05, 0.1) is 18.7 Å². The van der Waals surface area contributed by atoms with Crippen LogP contribution in [0.1, 0.15) is 35.0 Å². The number of pyridine rings is 1. The number of carbonyl (C=O) groups excluding carboxylic acids is 1. The number of carbonyl (C=O) groups is 1. The molecule has 0 fully saturated rings. The number of fused-ring (bicyclic) bond motifs is 1. The zero-order chi connectivity index (χ0) is 13.3. The minimum absolute atomic E-state index is 0.0528. The summed E-state index contributed by atoms with van der Waals surface area (Å²) in [4.78, 5) is 16.2.